The van der Waals surface area contributed by atoms with E-state index in [9.17, 15) is 0 Å². The van der Waals surface area contributed by atoms with Crippen LogP contribution in [-0.4, -0.2) is 11.0 Å². The Labute approximate surface area is 277 Å². The van der Waals surface area contributed by atoms with Crippen molar-refractivity contribution in [1.82, 2.24) is 0 Å². The molecule has 0 aromatic heterocycles. The van der Waals surface area contributed by atoms with Crippen molar-refractivity contribution in [1.29, 1.82) is 0 Å². The van der Waals surface area contributed by atoms with Crippen molar-refractivity contribution in [3.05, 3.63) is 139 Å². The third-order valence-corrected chi connectivity index (χ3v) is 5.96. The zero-order chi connectivity index (χ0) is 25.9. The summed E-state index contributed by atoms with van der Waals surface area (Å²) in [6, 6.07) is 43.1. The average Bonchev–Trinajstić information content (AvgIpc) is 3.52. The molecule has 40 heavy (non-hydrogen) atoms. The van der Waals surface area contributed by atoms with Gasteiger partial charge in [-0.05, 0) is 11.1 Å². The summed E-state index contributed by atoms with van der Waals surface area (Å²) in [4.78, 5) is 0. The first kappa shape index (κ1) is 39.9. The van der Waals surface area contributed by atoms with Gasteiger partial charge in [0, 0.05) is 11.0 Å². The molecule has 0 saturated heterocycles. The fraction of sp³-hybridized carbons (Fsp3) is 0.139. The second-order valence-electron chi connectivity index (χ2n) is 8.41. The fourth-order valence-electron chi connectivity index (χ4n) is 4.51. The van der Waals surface area contributed by atoms with Gasteiger partial charge < -0.3 is 6.92 Å². The largest absolute Gasteiger partial charge is 3.00 e. The molecule has 0 spiro atoms. The smallest absolute Gasteiger partial charge is 0.346 e. The summed E-state index contributed by atoms with van der Waals surface area (Å²) < 4.78 is 0. The summed E-state index contributed by atoms with van der Waals surface area (Å²) in [6.07, 6.45) is 0. The van der Waals surface area contributed by atoms with E-state index >= 15 is 0 Å². The quantitative estimate of drug-likeness (QED) is 0.128. The van der Waals surface area contributed by atoms with E-state index < -0.39 is 0 Å². The van der Waals surface area contributed by atoms with Crippen LogP contribution in [0.4, 0.5) is 0 Å². The van der Waals surface area contributed by atoms with E-state index in [0.717, 1.165) is 0 Å². The molecule has 205 valence electrons. The number of halogens is 2. The summed E-state index contributed by atoms with van der Waals surface area (Å²) in [6.45, 7) is 13.3. The molecular formula is C36H39Cl2SiZr. The molecule has 6 aromatic carbocycles. The minimum absolute atomic E-state index is 0. The van der Waals surface area contributed by atoms with Crippen LogP contribution in [0.15, 0.2) is 121 Å². The molecule has 0 amide bonds. The zero-order valence-electron chi connectivity index (χ0n) is 24.1. The summed E-state index contributed by atoms with van der Waals surface area (Å²) in [7, 11) is 0. The molecule has 6 aromatic rings. The van der Waals surface area contributed by atoms with Gasteiger partial charge in [-0.3, -0.25) is 0 Å². The van der Waals surface area contributed by atoms with Gasteiger partial charge in [-0.15, -0.1) is 93.9 Å². The first-order valence-corrected chi connectivity index (χ1v) is 12.8. The monoisotopic (exact) mass is 659 g/mol. The van der Waals surface area contributed by atoms with E-state index in [2.05, 4.69) is 142 Å². The van der Waals surface area contributed by atoms with Gasteiger partial charge in [-0.2, -0.15) is 19.1 Å². The Hall–Kier alpha value is -2.22. The maximum atomic E-state index is 3.25. The number of fused-ring (bicyclic) bond motifs is 2. The molecule has 0 aliphatic rings. The molecule has 0 saturated carbocycles. The van der Waals surface area contributed by atoms with Crippen LogP contribution >= 0.6 is 24.8 Å². The van der Waals surface area contributed by atoms with E-state index in [1.165, 1.54) is 54.9 Å². The number of hydrogen-bond donors (Lipinski definition) is 0. The van der Waals surface area contributed by atoms with Crippen molar-refractivity contribution >= 4 is 57.3 Å². The summed E-state index contributed by atoms with van der Waals surface area (Å²) in [5.74, 6) is 0. The van der Waals surface area contributed by atoms with Crippen LogP contribution in [0.5, 0.6) is 0 Å². The maximum Gasteiger partial charge on any atom is 3.00 e. The van der Waals surface area contributed by atoms with Gasteiger partial charge in [0.2, 0.25) is 0 Å². The van der Waals surface area contributed by atoms with Gasteiger partial charge >= 0.3 is 26.2 Å². The van der Waals surface area contributed by atoms with Crippen LogP contribution in [0, 0.1) is 20.8 Å². The molecule has 0 nitrogen and oxygen atoms in total. The van der Waals surface area contributed by atoms with Crippen LogP contribution in [-0.2, 0) is 26.2 Å². The van der Waals surface area contributed by atoms with Crippen molar-refractivity contribution < 1.29 is 26.2 Å². The minimum Gasteiger partial charge on any atom is -0.346 e. The Kier molecular flexibility index (Phi) is 20.6. The third-order valence-electron chi connectivity index (χ3n) is 5.96. The molecule has 0 aliphatic carbocycles. The summed E-state index contributed by atoms with van der Waals surface area (Å²) >= 11 is 0. The number of benzene rings is 4. The van der Waals surface area contributed by atoms with Crippen molar-refractivity contribution in [2.75, 3.05) is 0 Å². The fourth-order valence-corrected chi connectivity index (χ4v) is 4.51. The Morgan fingerprint density at radius 1 is 0.500 bits per heavy atom. The molecule has 5 radical (unpaired) electrons. The van der Waals surface area contributed by atoms with E-state index in [-0.39, 0.29) is 62.0 Å². The van der Waals surface area contributed by atoms with Gasteiger partial charge in [0.25, 0.3) is 0 Å². The Morgan fingerprint density at radius 3 is 1.15 bits per heavy atom. The van der Waals surface area contributed by atoms with Crippen molar-refractivity contribution in [2.24, 2.45) is 0 Å². The standard InChI is InChI=1S/2C16H13.C2H6.C2H5.2ClH.Si.Zr/c2*1-12-10-14-8-5-9-15(16(14)11-12)13-6-3-2-4-7-13;2*1-2;;;;/h2*2-11H,1H3;1-2H3;1H2,2H3;2*1H;;/q2*-1;;-1;;;;+3. The van der Waals surface area contributed by atoms with Crippen LogP contribution in [0.3, 0.4) is 0 Å². The SMILES string of the molecule is CC.Cc1cc2c(-c3ccccc3)cccc2[cH-]1.Cc1cc2c(-c3ccccc3)cccc2[cH-]1.Cl.Cl.[CH2-]C.[Si].[Zr+3]. The summed E-state index contributed by atoms with van der Waals surface area (Å²) in [5, 5.41) is 5.37. The van der Waals surface area contributed by atoms with Crippen LogP contribution in [0.25, 0.3) is 43.8 Å². The van der Waals surface area contributed by atoms with E-state index in [4.69, 9.17) is 0 Å². The second-order valence-corrected chi connectivity index (χ2v) is 8.41. The van der Waals surface area contributed by atoms with Crippen LogP contribution in [0.1, 0.15) is 31.9 Å². The predicted octanol–water partition coefficient (Wildman–Crippen LogP) is 11.4. The Bertz CT molecular complexity index is 1370. The van der Waals surface area contributed by atoms with Crippen LogP contribution < -0.4 is 0 Å². The maximum absolute atomic E-state index is 3.25. The Morgan fingerprint density at radius 2 is 0.825 bits per heavy atom. The normalized spacial score (nSPS) is 8.95. The molecule has 0 aliphatic heterocycles. The molecule has 4 heteroatoms. The second kappa shape index (κ2) is 20.6. The van der Waals surface area contributed by atoms with Crippen molar-refractivity contribution in [3.8, 4) is 22.3 Å². The van der Waals surface area contributed by atoms with Crippen molar-refractivity contribution in [3.63, 3.8) is 0 Å². The molecular weight excluding hydrogens is 623 g/mol. The molecule has 0 bridgehead atoms. The van der Waals surface area contributed by atoms with E-state index in [1.807, 2.05) is 13.8 Å². The Balaban J connectivity index is 0. The van der Waals surface area contributed by atoms with Gasteiger partial charge in [0.05, 0.1) is 0 Å². The topological polar surface area (TPSA) is 0 Å². The van der Waals surface area contributed by atoms with Gasteiger partial charge in [0.15, 0.2) is 0 Å². The predicted molar refractivity (Wildman–Crippen MR) is 182 cm³/mol. The zero-order valence-corrected chi connectivity index (χ0v) is 29.2. The molecule has 0 atom stereocenters. The number of aryl methyl sites for hydroxylation is 2. The first-order valence-electron chi connectivity index (χ1n) is 12.8. The summed E-state index contributed by atoms with van der Waals surface area (Å²) in [5.41, 5.74) is 7.89. The average molecular weight is 662 g/mol. The molecule has 0 heterocycles. The van der Waals surface area contributed by atoms with Crippen molar-refractivity contribution in [2.45, 2.75) is 34.6 Å². The molecule has 0 fully saturated rings. The number of rotatable bonds is 2. The van der Waals surface area contributed by atoms with Gasteiger partial charge in [0.1, 0.15) is 0 Å². The first-order chi connectivity index (χ1) is 17.7. The van der Waals surface area contributed by atoms with E-state index in [0.29, 0.717) is 0 Å². The van der Waals surface area contributed by atoms with Gasteiger partial charge in [-0.1, -0.05) is 112 Å². The molecule has 0 unspecified atom stereocenters. The number of hydrogen-bond acceptors (Lipinski definition) is 0. The van der Waals surface area contributed by atoms with Crippen LogP contribution in [0.2, 0.25) is 0 Å². The van der Waals surface area contributed by atoms with Gasteiger partial charge in [-0.25, -0.2) is 0 Å². The molecule has 0 N–H and O–H groups in total. The molecule has 6 rings (SSSR count). The van der Waals surface area contributed by atoms with E-state index in [1.54, 1.807) is 6.92 Å². The minimum atomic E-state index is 0. The third kappa shape index (κ3) is 10.0.